The molecule has 2 heterocycles. The number of hydrogen-bond acceptors (Lipinski definition) is 4. The molecule has 2 rings (SSSR count). The van der Waals surface area contributed by atoms with Crippen molar-refractivity contribution in [1.82, 2.24) is 14.3 Å². The van der Waals surface area contributed by atoms with Gasteiger partial charge >= 0.3 is 0 Å². The van der Waals surface area contributed by atoms with Crippen LogP contribution in [0.2, 0.25) is 0 Å². The minimum atomic E-state index is -3.56. The van der Waals surface area contributed by atoms with Gasteiger partial charge in [-0.15, -0.1) is 0 Å². The van der Waals surface area contributed by atoms with Crippen LogP contribution in [0.4, 0.5) is 0 Å². The molecular weight excluding hydrogens is 218 g/mol. The third-order valence-electron chi connectivity index (χ3n) is 2.31. The summed E-state index contributed by atoms with van der Waals surface area (Å²) in [6, 6.07) is 0. The lowest BCUT2D eigenvalue weighted by atomic mass is 10.1. The Morgan fingerprint density at radius 2 is 2.27 bits per heavy atom. The number of nitrogens with one attached hydrogen (secondary N) is 1. The molecule has 1 fully saturated rings. The molecule has 0 aromatic carbocycles. The molecule has 0 saturated carbocycles. The summed E-state index contributed by atoms with van der Waals surface area (Å²) < 4.78 is 25.0. The normalized spacial score (nSPS) is 19.3. The van der Waals surface area contributed by atoms with Gasteiger partial charge in [-0.25, -0.2) is 13.4 Å². The van der Waals surface area contributed by atoms with Gasteiger partial charge in [0.05, 0.1) is 19.1 Å². The third kappa shape index (κ3) is 1.93. The zero-order valence-corrected chi connectivity index (χ0v) is 8.83. The van der Waals surface area contributed by atoms with Crippen molar-refractivity contribution in [2.45, 2.75) is 17.9 Å². The fourth-order valence-electron chi connectivity index (χ4n) is 1.54. The molecule has 1 aliphatic rings. The van der Waals surface area contributed by atoms with E-state index in [1.807, 2.05) is 0 Å². The van der Waals surface area contributed by atoms with Crippen LogP contribution in [0.25, 0.3) is 0 Å². The van der Waals surface area contributed by atoms with Crippen LogP contribution in [-0.2, 0) is 14.8 Å². The van der Waals surface area contributed by atoms with Crippen LogP contribution in [0.15, 0.2) is 17.6 Å². The van der Waals surface area contributed by atoms with Crippen molar-refractivity contribution in [1.29, 1.82) is 0 Å². The van der Waals surface area contributed by atoms with Gasteiger partial charge in [0.2, 0.25) is 0 Å². The molecule has 0 bridgehead atoms. The first kappa shape index (κ1) is 10.3. The molecule has 1 aromatic heterocycles. The number of ketones is 1. The molecule has 0 amide bonds. The smallest absolute Gasteiger partial charge is 0.260 e. The lowest BCUT2D eigenvalue weighted by Crippen LogP contribution is -2.40. The van der Waals surface area contributed by atoms with E-state index in [1.54, 1.807) is 0 Å². The van der Waals surface area contributed by atoms with Gasteiger partial charge in [-0.1, -0.05) is 0 Å². The largest absolute Gasteiger partial charge is 0.335 e. The van der Waals surface area contributed by atoms with Gasteiger partial charge in [0.1, 0.15) is 5.78 Å². The average Bonchev–Trinajstić information content (AvgIpc) is 2.71. The van der Waals surface area contributed by atoms with Crippen LogP contribution in [0.3, 0.4) is 0 Å². The molecule has 0 spiro atoms. The maximum absolute atomic E-state index is 11.9. The number of Topliss-reactive ketones (excluding diaryl/α,β-unsaturated/α-hetero) is 1. The van der Waals surface area contributed by atoms with Crippen LogP contribution in [0.5, 0.6) is 0 Å². The van der Waals surface area contributed by atoms with E-state index in [1.165, 1.54) is 16.8 Å². The quantitative estimate of drug-likeness (QED) is 0.759. The number of imidazole rings is 1. The minimum Gasteiger partial charge on any atom is -0.335 e. The fourth-order valence-corrected chi connectivity index (χ4v) is 2.89. The van der Waals surface area contributed by atoms with Crippen LogP contribution in [0.1, 0.15) is 12.8 Å². The second-order valence-corrected chi connectivity index (χ2v) is 5.30. The standard InChI is InChI=1S/C8H11N3O3S/c12-7-2-1-3-11(5-7)15(13,14)8-4-9-6-10-8/h4,6H,1-3,5H2,(H,9,10). The lowest BCUT2D eigenvalue weighted by molar-refractivity contribution is -0.120. The molecule has 0 radical (unpaired) electrons. The minimum absolute atomic E-state index is 0.0264. The number of carbonyl (C=O) groups is 1. The highest BCUT2D eigenvalue weighted by atomic mass is 32.2. The Morgan fingerprint density at radius 3 is 2.87 bits per heavy atom. The summed E-state index contributed by atoms with van der Waals surface area (Å²) >= 11 is 0. The number of H-pyrrole nitrogens is 1. The Balaban J connectivity index is 2.26. The molecule has 1 saturated heterocycles. The summed E-state index contributed by atoms with van der Waals surface area (Å²) in [7, 11) is -3.56. The number of sulfonamides is 1. The Labute approximate surface area is 87.4 Å². The second-order valence-electron chi connectivity index (χ2n) is 3.40. The van der Waals surface area contributed by atoms with E-state index in [0.717, 1.165) is 0 Å². The summed E-state index contributed by atoms with van der Waals surface area (Å²) in [5.41, 5.74) is 0. The van der Waals surface area contributed by atoms with Crippen molar-refractivity contribution < 1.29 is 13.2 Å². The van der Waals surface area contributed by atoms with Crippen LogP contribution in [0, 0.1) is 0 Å². The number of aromatic nitrogens is 2. The Morgan fingerprint density at radius 1 is 1.47 bits per heavy atom. The maximum atomic E-state index is 11.9. The maximum Gasteiger partial charge on any atom is 0.260 e. The number of hydrogen-bond donors (Lipinski definition) is 1. The Bertz CT molecular complexity index is 451. The molecule has 1 aromatic rings. The highest BCUT2D eigenvalue weighted by Crippen LogP contribution is 2.16. The number of carbonyl (C=O) groups excluding carboxylic acids is 1. The number of piperidine rings is 1. The van der Waals surface area contributed by atoms with E-state index in [-0.39, 0.29) is 17.4 Å². The topological polar surface area (TPSA) is 83.1 Å². The number of rotatable bonds is 2. The molecule has 15 heavy (non-hydrogen) atoms. The van der Waals surface area contributed by atoms with Gasteiger partial charge in [0.15, 0.2) is 5.03 Å². The van der Waals surface area contributed by atoms with Crippen molar-refractivity contribution in [3.8, 4) is 0 Å². The summed E-state index contributed by atoms with van der Waals surface area (Å²) in [6.07, 6.45) is 3.61. The predicted octanol–water partition coefficient (Wildman–Crippen LogP) is -0.237. The van der Waals surface area contributed by atoms with Crippen molar-refractivity contribution in [3.05, 3.63) is 12.5 Å². The highest BCUT2D eigenvalue weighted by Gasteiger charge is 2.29. The Kier molecular flexibility index (Phi) is 2.57. The molecule has 0 unspecified atom stereocenters. The number of nitrogens with zero attached hydrogens (tertiary/aromatic N) is 2. The van der Waals surface area contributed by atoms with E-state index in [9.17, 15) is 13.2 Å². The first-order valence-corrected chi connectivity index (χ1v) is 6.05. The fraction of sp³-hybridized carbons (Fsp3) is 0.500. The van der Waals surface area contributed by atoms with Gasteiger partial charge in [-0.2, -0.15) is 4.31 Å². The SMILES string of the molecule is O=C1CCCN(S(=O)(=O)c2cnc[nH]2)C1. The first-order valence-electron chi connectivity index (χ1n) is 4.61. The zero-order chi connectivity index (χ0) is 10.9. The molecule has 82 valence electrons. The molecule has 7 heteroatoms. The third-order valence-corrected chi connectivity index (χ3v) is 4.08. The number of aromatic amines is 1. The van der Waals surface area contributed by atoms with E-state index >= 15 is 0 Å². The lowest BCUT2D eigenvalue weighted by Gasteiger charge is -2.23. The molecule has 6 nitrogen and oxygen atoms in total. The summed E-state index contributed by atoms with van der Waals surface area (Å²) in [4.78, 5) is 17.4. The molecule has 1 N–H and O–H groups in total. The van der Waals surface area contributed by atoms with Crippen molar-refractivity contribution in [3.63, 3.8) is 0 Å². The van der Waals surface area contributed by atoms with Gasteiger partial charge in [0, 0.05) is 13.0 Å². The van der Waals surface area contributed by atoms with Gasteiger partial charge in [-0.3, -0.25) is 4.79 Å². The molecule has 0 aliphatic carbocycles. The van der Waals surface area contributed by atoms with E-state index in [2.05, 4.69) is 9.97 Å². The van der Waals surface area contributed by atoms with Crippen LogP contribution in [-0.4, -0.2) is 41.6 Å². The monoisotopic (exact) mass is 229 g/mol. The average molecular weight is 229 g/mol. The van der Waals surface area contributed by atoms with E-state index in [4.69, 9.17) is 0 Å². The predicted molar refractivity (Wildman–Crippen MR) is 51.6 cm³/mol. The molecule has 0 atom stereocenters. The molecule has 1 aliphatic heterocycles. The van der Waals surface area contributed by atoms with E-state index < -0.39 is 10.0 Å². The summed E-state index contributed by atoms with van der Waals surface area (Å²) in [5.74, 6) is -0.0376. The van der Waals surface area contributed by atoms with Gasteiger partial charge in [-0.05, 0) is 6.42 Å². The van der Waals surface area contributed by atoms with Crippen molar-refractivity contribution >= 4 is 15.8 Å². The first-order chi connectivity index (χ1) is 7.10. The van der Waals surface area contributed by atoms with Crippen molar-refractivity contribution in [2.24, 2.45) is 0 Å². The molecular formula is C8H11N3O3S. The van der Waals surface area contributed by atoms with Crippen molar-refractivity contribution in [2.75, 3.05) is 13.1 Å². The zero-order valence-electron chi connectivity index (χ0n) is 8.01. The van der Waals surface area contributed by atoms with Crippen LogP contribution < -0.4 is 0 Å². The summed E-state index contributed by atoms with van der Waals surface area (Å²) in [6.45, 7) is 0.369. The van der Waals surface area contributed by atoms with Gasteiger partial charge < -0.3 is 4.98 Å². The summed E-state index contributed by atoms with van der Waals surface area (Å²) in [5, 5.41) is 0.0391. The van der Waals surface area contributed by atoms with E-state index in [0.29, 0.717) is 19.4 Å². The second kappa shape index (κ2) is 3.74. The van der Waals surface area contributed by atoms with Crippen LogP contribution >= 0.6 is 0 Å². The highest BCUT2D eigenvalue weighted by molar-refractivity contribution is 7.89. The van der Waals surface area contributed by atoms with Gasteiger partial charge in [0.25, 0.3) is 10.0 Å². The Hall–Kier alpha value is -1.21.